The van der Waals surface area contributed by atoms with E-state index >= 15 is 0 Å². The molecular formula is C11H13F5N2. The van der Waals surface area contributed by atoms with Crippen LogP contribution in [0.4, 0.5) is 22.0 Å². The molecule has 18 heavy (non-hydrogen) atoms. The van der Waals surface area contributed by atoms with Crippen molar-refractivity contribution in [2.75, 3.05) is 0 Å². The van der Waals surface area contributed by atoms with Crippen molar-refractivity contribution in [3.63, 3.8) is 0 Å². The van der Waals surface area contributed by atoms with E-state index in [1.807, 2.05) is 18.9 Å². The van der Waals surface area contributed by atoms with Gasteiger partial charge in [0, 0.05) is 17.4 Å². The molecule has 1 N–H and O–H groups in total. The topological polar surface area (TPSA) is 28.7 Å². The van der Waals surface area contributed by atoms with Gasteiger partial charge in [-0.2, -0.15) is 27.1 Å². The number of alkyl halides is 5. The second-order valence-corrected chi connectivity index (χ2v) is 4.39. The number of hydrogen-bond donors (Lipinski definition) is 1. The maximum absolute atomic E-state index is 13.6. The van der Waals surface area contributed by atoms with Gasteiger partial charge in [0.15, 0.2) is 5.69 Å². The molecule has 1 heterocycles. The third kappa shape index (κ3) is 1.48. The van der Waals surface area contributed by atoms with E-state index in [1.165, 1.54) is 0 Å². The summed E-state index contributed by atoms with van der Waals surface area (Å²) in [6.45, 7) is 5.54. The van der Waals surface area contributed by atoms with Crippen molar-refractivity contribution in [3.8, 4) is 0 Å². The number of aromatic nitrogens is 2. The first kappa shape index (κ1) is 13.3. The third-order valence-electron chi connectivity index (χ3n) is 3.54. The summed E-state index contributed by atoms with van der Waals surface area (Å²) in [4.78, 5) is 0. The smallest absolute Gasteiger partial charge is 0.276 e. The van der Waals surface area contributed by atoms with Crippen LogP contribution < -0.4 is 0 Å². The van der Waals surface area contributed by atoms with Crippen LogP contribution in [0.3, 0.4) is 0 Å². The van der Waals surface area contributed by atoms with Crippen molar-refractivity contribution < 1.29 is 22.0 Å². The number of aromatic amines is 1. The molecule has 1 unspecified atom stereocenters. The average Bonchev–Trinajstić information content (AvgIpc) is 2.69. The first-order valence-corrected chi connectivity index (χ1v) is 5.80. The minimum atomic E-state index is -4.67. The van der Waals surface area contributed by atoms with Crippen LogP contribution in [0.1, 0.15) is 43.6 Å². The fraction of sp³-hybridized carbons (Fsp3) is 0.727. The van der Waals surface area contributed by atoms with Gasteiger partial charge in [0.1, 0.15) is 5.69 Å². The molecule has 0 saturated heterocycles. The molecule has 7 heteroatoms. The standard InChI is InChI=1S/C9H7F5N2.C2H6/c1-2-3-4-6(8(10,11)5(2)3)15-16-7(4)9(12,13)14;1-2/h2-3,5H,1H3,(H,15,16);1-2H3/t2?,3-,5-;/m1./s1. The molecule has 2 aliphatic rings. The number of rotatable bonds is 0. The summed E-state index contributed by atoms with van der Waals surface area (Å²) < 4.78 is 64.7. The highest BCUT2D eigenvalue weighted by molar-refractivity contribution is 5.47. The number of fused-ring (bicyclic) bond motifs is 3. The first-order valence-electron chi connectivity index (χ1n) is 5.80. The summed E-state index contributed by atoms with van der Waals surface area (Å²) >= 11 is 0. The van der Waals surface area contributed by atoms with Crippen molar-refractivity contribution in [1.82, 2.24) is 10.2 Å². The monoisotopic (exact) mass is 268 g/mol. The largest absolute Gasteiger partial charge is 0.435 e. The van der Waals surface area contributed by atoms with E-state index < -0.39 is 41.2 Å². The summed E-state index contributed by atoms with van der Waals surface area (Å²) in [6, 6.07) is 0. The number of nitrogens with zero attached hydrogens (tertiary/aromatic N) is 1. The maximum Gasteiger partial charge on any atom is 0.435 e. The molecule has 3 rings (SSSR count). The lowest BCUT2D eigenvalue weighted by atomic mass is 10.1. The summed E-state index contributed by atoms with van der Waals surface area (Å²) in [5, 5.41) is 4.83. The molecule has 1 aromatic heterocycles. The fourth-order valence-corrected chi connectivity index (χ4v) is 2.77. The molecule has 0 radical (unpaired) electrons. The van der Waals surface area contributed by atoms with E-state index in [4.69, 9.17) is 0 Å². The molecule has 2 aliphatic carbocycles. The maximum atomic E-state index is 13.6. The predicted molar refractivity (Wildman–Crippen MR) is 54.2 cm³/mol. The zero-order valence-corrected chi connectivity index (χ0v) is 10.1. The van der Waals surface area contributed by atoms with Gasteiger partial charge in [0.05, 0.1) is 0 Å². The molecule has 3 atom stereocenters. The van der Waals surface area contributed by atoms with E-state index in [1.54, 1.807) is 6.92 Å². The molecular weight excluding hydrogens is 255 g/mol. The molecule has 0 aromatic carbocycles. The number of halogens is 5. The Morgan fingerprint density at radius 1 is 1.22 bits per heavy atom. The molecule has 1 aromatic rings. The Hall–Kier alpha value is -1.14. The van der Waals surface area contributed by atoms with Gasteiger partial charge in [0.25, 0.3) is 5.92 Å². The normalized spacial score (nSPS) is 31.2. The third-order valence-corrected chi connectivity index (χ3v) is 3.54. The molecule has 0 aliphatic heterocycles. The van der Waals surface area contributed by atoms with Gasteiger partial charge in [-0.05, 0) is 5.92 Å². The Morgan fingerprint density at radius 2 is 1.78 bits per heavy atom. The van der Waals surface area contributed by atoms with Crippen LogP contribution in [0, 0.1) is 11.8 Å². The predicted octanol–water partition coefficient (Wildman–Crippen LogP) is 3.91. The van der Waals surface area contributed by atoms with Gasteiger partial charge in [-0.1, -0.05) is 20.8 Å². The van der Waals surface area contributed by atoms with Crippen molar-refractivity contribution in [1.29, 1.82) is 0 Å². The van der Waals surface area contributed by atoms with Gasteiger partial charge in [-0.3, -0.25) is 5.10 Å². The molecule has 0 spiro atoms. The average molecular weight is 268 g/mol. The number of H-pyrrole nitrogens is 1. The van der Waals surface area contributed by atoms with Crippen LogP contribution in [-0.2, 0) is 12.1 Å². The molecule has 0 amide bonds. The molecule has 1 saturated carbocycles. The highest BCUT2D eigenvalue weighted by Crippen LogP contribution is 2.71. The Kier molecular flexibility index (Phi) is 2.72. The highest BCUT2D eigenvalue weighted by atomic mass is 19.4. The minimum Gasteiger partial charge on any atom is -0.276 e. The van der Waals surface area contributed by atoms with Crippen molar-refractivity contribution >= 4 is 0 Å². The van der Waals surface area contributed by atoms with Gasteiger partial charge in [0.2, 0.25) is 0 Å². The highest BCUT2D eigenvalue weighted by Gasteiger charge is 2.71. The van der Waals surface area contributed by atoms with E-state index in [9.17, 15) is 22.0 Å². The van der Waals surface area contributed by atoms with E-state index in [0.717, 1.165) is 0 Å². The van der Waals surface area contributed by atoms with Gasteiger partial charge in [-0.15, -0.1) is 0 Å². The zero-order chi connectivity index (χ0) is 13.9. The second-order valence-electron chi connectivity index (χ2n) is 4.39. The summed E-state index contributed by atoms with van der Waals surface area (Å²) in [6.07, 6.45) is -4.67. The zero-order valence-electron chi connectivity index (χ0n) is 10.1. The van der Waals surface area contributed by atoms with Crippen LogP contribution in [0.25, 0.3) is 0 Å². The Balaban J connectivity index is 0.000000574. The van der Waals surface area contributed by atoms with Crippen molar-refractivity contribution in [2.24, 2.45) is 11.8 Å². The quantitative estimate of drug-likeness (QED) is 0.710. The van der Waals surface area contributed by atoms with Crippen LogP contribution in [0.5, 0.6) is 0 Å². The SMILES string of the molecule is CC.CC1[C@@H]2[C@H]1c1c(C(F)(F)F)n[nH]c1C2(F)F. The fourth-order valence-electron chi connectivity index (χ4n) is 2.77. The van der Waals surface area contributed by atoms with E-state index in [2.05, 4.69) is 5.10 Å². The Labute approximate surface area is 101 Å². The van der Waals surface area contributed by atoms with Crippen molar-refractivity contribution in [3.05, 3.63) is 17.0 Å². The number of nitrogens with one attached hydrogen (secondary N) is 1. The summed E-state index contributed by atoms with van der Waals surface area (Å²) in [7, 11) is 0. The van der Waals surface area contributed by atoms with Crippen molar-refractivity contribution in [2.45, 2.75) is 38.8 Å². The Bertz CT molecular complexity index is 462. The molecule has 102 valence electrons. The first-order chi connectivity index (χ1) is 8.26. The second kappa shape index (κ2) is 3.68. The lowest BCUT2D eigenvalue weighted by Gasteiger charge is -2.11. The number of hydrogen-bond acceptors (Lipinski definition) is 1. The molecule has 1 fully saturated rings. The van der Waals surface area contributed by atoms with Gasteiger partial charge >= 0.3 is 6.18 Å². The lowest BCUT2D eigenvalue weighted by Crippen LogP contribution is -2.16. The van der Waals surface area contributed by atoms with Crippen LogP contribution >= 0.6 is 0 Å². The van der Waals surface area contributed by atoms with Gasteiger partial charge < -0.3 is 0 Å². The molecule has 0 bridgehead atoms. The van der Waals surface area contributed by atoms with Crippen LogP contribution in [-0.4, -0.2) is 10.2 Å². The summed E-state index contributed by atoms with van der Waals surface area (Å²) in [5.74, 6) is -5.28. The molecule has 2 nitrogen and oxygen atoms in total. The summed E-state index contributed by atoms with van der Waals surface area (Å²) in [5.41, 5.74) is -2.15. The van der Waals surface area contributed by atoms with E-state index in [-0.39, 0.29) is 5.56 Å². The van der Waals surface area contributed by atoms with E-state index in [0.29, 0.717) is 0 Å². The van der Waals surface area contributed by atoms with Gasteiger partial charge in [-0.25, -0.2) is 0 Å². The van der Waals surface area contributed by atoms with Crippen LogP contribution in [0.2, 0.25) is 0 Å². The minimum absolute atomic E-state index is 0.324. The Morgan fingerprint density at radius 3 is 2.28 bits per heavy atom. The lowest BCUT2D eigenvalue weighted by molar-refractivity contribution is -0.141. The van der Waals surface area contributed by atoms with Crippen LogP contribution in [0.15, 0.2) is 0 Å².